The fourth-order valence-corrected chi connectivity index (χ4v) is 2.05. The van der Waals surface area contributed by atoms with Gasteiger partial charge in [-0.2, -0.15) is 0 Å². The Bertz CT molecular complexity index is 687. The minimum atomic E-state index is -0.957. The molecule has 0 aliphatic heterocycles. The predicted molar refractivity (Wildman–Crippen MR) is 90.5 cm³/mol. The van der Waals surface area contributed by atoms with Crippen molar-refractivity contribution in [3.05, 3.63) is 53.5 Å². The number of aryl methyl sites for hydroxylation is 1. The van der Waals surface area contributed by atoms with Gasteiger partial charge in [0.05, 0.1) is 26.0 Å². The maximum absolute atomic E-state index is 12.4. The second-order valence-corrected chi connectivity index (χ2v) is 5.93. The number of hydrogen-bond acceptors (Lipinski definition) is 5. The van der Waals surface area contributed by atoms with Crippen LogP contribution >= 0.6 is 0 Å². The number of ether oxygens (including phenoxy) is 2. The van der Waals surface area contributed by atoms with Crippen LogP contribution < -0.4 is 10.1 Å². The number of rotatable bonds is 7. The quantitative estimate of drug-likeness (QED) is 0.844. The third-order valence-electron chi connectivity index (χ3n) is 3.53. The molecule has 0 radical (unpaired) electrons. The number of hydrogen-bond donors (Lipinski definition) is 1. The van der Waals surface area contributed by atoms with E-state index in [1.807, 2.05) is 37.3 Å². The average Bonchev–Trinajstić information content (AvgIpc) is 2.59. The van der Waals surface area contributed by atoms with Crippen LogP contribution in [-0.4, -0.2) is 28.6 Å². The molecule has 0 fully saturated rings. The van der Waals surface area contributed by atoms with Crippen molar-refractivity contribution in [3.63, 3.8) is 0 Å². The largest absolute Gasteiger partial charge is 0.480 e. The zero-order valence-corrected chi connectivity index (χ0v) is 14.5. The molecule has 0 saturated carbocycles. The van der Waals surface area contributed by atoms with Gasteiger partial charge in [0.2, 0.25) is 5.88 Å². The monoisotopic (exact) mass is 329 g/mol. The van der Waals surface area contributed by atoms with E-state index in [0.717, 1.165) is 11.3 Å². The van der Waals surface area contributed by atoms with Crippen molar-refractivity contribution in [1.82, 2.24) is 15.3 Å². The molecule has 1 heterocycles. The van der Waals surface area contributed by atoms with E-state index in [0.29, 0.717) is 18.2 Å². The molecule has 6 nitrogen and oxygen atoms in total. The lowest BCUT2D eigenvalue weighted by Crippen LogP contribution is -2.44. The van der Waals surface area contributed by atoms with Crippen molar-refractivity contribution < 1.29 is 14.3 Å². The van der Waals surface area contributed by atoms with E-state index >= 15 is 0 Å². The van der Waals surface area contributed by atoms with Gasteiger partial charge in [0.15, 0.2) is 0 Å². The Hall–Kier alpha value is -2.47. The smallest absolute Gasteiger partial charge is 0.252 e. The maximum atomic E-state index is 12.4. The Morgan fingerprint density at radius 3 is 2.62 bits per heavy atom. The summed E-state index contributed by atoms with van der Waals surface area (Å²) in [5.74, 6) is 0.196. The van der Waals surface area contributed by atoms with E-state index in [2.05, 4.69) is 15.3 Å². The molecule has 0 saturated heterocycles. The summed E-state index contributed by atoms with van der Waals surface area (Å²) in [4.78, 5) is 20.9. The summed E-state index contributed by atoms with van der Waals surface area (Å²) in [6.45, 7) is 5.91. The molecule has 128 valence electrons. The first-order chi connectivity index (χ1) is 11.4. The molecule has 0 spiro atoms. The highest BCUT2D eigenvalue weighted by Crippen LogP contribution is 2.15. The SMILES string of the molecule is COc1nc(C)cnc1CNC(=O)C(C)(C)OCc1ccccc1. The normalized spacial score (nSPS) is 11.2. The van der Waals surface area contributed by atoms with Crippen molar-refractivity contribution in [3.8, 4) is 5.88 Å². The topological polar surface area (TPSA) is 73.3 Å². The van der Waals surface area contributed by atoms with Crippen LogP contribution in [-0.2, 0) is 22.7 Å². The molecule has 0 atom stereocenters. The van der Waals surface area contributed by atoms with Crippen LogP contribution in [0.4, 0.5) is 0 Å². The van der Waals surface area contributed by atoms with Crippen molar-refractivity contribution in [2.75, 3.05) is 7.11 Å². The maximum Gasteiger partial charge on any atom is 0.252 e. The van der Waals surface area contributed by atoms with E-state index in [9.17, 15) is 4.79 Å². The number of carbonyl (C=O) groups is 1. The predicted octanol–water partition coefficient (Wildman–Crippen LogP) is 2.41. The number of benzene rings is 1. The third kappa shape index (κ3) is 4.76. The number of aromatic nitrogens is 2. The minimum absolute atomic E-state index is 0.220. The fourth-order valence-electron chi connectivity index (χ4n) is 2.05. The molecule has 1 N–H and O–H groups in total. The van der Waals surface area contributed by atoms with E-state index in [-0.39, 0.29) is 12.5 Å². The second kappa shape index (κ2) is 7.88. The van der Waals surface area contributed by atoms with Gasteiger partial charge in [-0.25, -0.2) is 4.98 Å². The van der Waals surface area contributed by atoms with Crippen LogP contribution in [0.15, 0.2) is 36.5 Å². The molecule has 0 bridgehead atoms. The van der Waals surface area contributed by atoms with Crippen molar-refractivity contribution in [1.29, 1.82) is 0 Å². The summed E-state index contributed by atoms with van der Waals surface area (Å²) < 4.78 is 11.0. The summed E-state index contributed by atoms with van der Waals surface area (Å²) in [6.07, 6.45) is 1.64. The van der Waals surface area contributed by atoms with Crippen LogP contribution in [0.3, 0.4) is 0 Å². The first kappa shape index (κ1) is 17.9. The van der Waals surface area contributed by atoms with Crippen LogP contribution in [0.1, 0.15) is 30.8 Å². The molecule has 0 aliphatic rings. The summed E-state index contributed by atoms with van der Waals surface area (Å²) in [6, 6.07) is 9.74. The van der Waals surface area contributed by atoms with Gasteiger partial charge in [-0.3, -0.25) is 9.78 Å². The van der Waals surface area contributed by atoms with Gasteiger partial charge in [0.25, 0.3) is 5.91 Å². The summed E-state index contributed by atoms with van der Waals surface area (Å²) in [7, 11) is 1.53. The fraction of sp³-hybridized carbons (Fsp3) is 0.389. The van der Waals surface area contributed by atoms with Crippen molar-refractivity contribution in [2.45, 2.75) is 39.5 Å². The second-order valence-electron chi connectivity index (χ2n) is 5.93. The molecule has 2 aromatic rings. The molecular weight excluding hydrogens is 306 g/mol. The lowest BCUT2D eigenvalue weighted by Gasteiger charge is -2.24. The minimum Gasteiger partial charge on any atom is -0.480 e. The van der Waals surface area contributed by atoms with E-state index in [1.165, 1.54) is 7.11 Å². The van der Waals surface area contributed by atoms with Gasteiger partial charge >= 0.3 is 0 Å². The van der Waals surface area contributed by atoms with Gasteiger partial charge < -0.3 is 14.8 Å². The zero-order chi connectivity index (χ0) is 17.6. The highest BCUT2D eigenvalue weighted by molar-refractivity contribution is 5.84. The molecule has 24 heavy (non-hydrogen) atoms. The standard InChI is InChI=1S/C18H23N3O3/c1-13-10-19-15(16(21-13)23-4)11-20-17(22)18(2,3)24-12-14-8-6-5-7-9-14/h5-10H,11-12H2,1-4H3,(H,20,22). The molecule has 2 rings (SSSR count). The van der Waals surface area contributed by atoms with E-state index < -0.39 is 5.60 Å². The van der Waals surface area contributed by atoms with Gasteiger partial charge in [0, 0.05) is 6.20 Å². The zero-order valence-electron chi connectivity index (χ0n) is 14.5. The van der Waals surface area contributed by atoms with Crippen LogP contribution in [0.25, 0.3) is 0 Å². The molecule has 0 unspecified atom stereocenters. The van der Waals surface area contributed by atoms with Crippen LogP contribution in [0.2, 0.25) is 0 Å². The third-order valence-corrected chi connectivity index (χ3v) is 3.53. The van der Waals surface area contributed by atoms with Gasteiger partial charge in [-0.05, 0) is 26.3 Å². The Labute approximate surface area is 142 Å². The van der Waals surface area contributed by atoms with E-state index in [4.69, 9.17) is 9.47 Å². The lowest BCUT2D eigenvalue weighted by molar-refractivity contribution is -0.144. The number of nitrogens with zero attached hydrogens (tertiary/aromatic N) is 2. The molecule has 1 amide bonds. The average molecular weight is 329 g/mol. The highest BCUT2D eigenvalue weighted by Gasteiger charge is 2.28. The van der Waals surface area contributed by atoms with Gasteiger partial charge in [-0.15, -0.1) is 0 Å². The molecule has 1 aromatic heterocycles. The lowest BCUT2D eigenvalue weighted by atomic mass is 10.1. The number of carbonyl (C=O) groups excluding carboxylic acids is 1. The Kier molecular flexibility index (Phi) is 5.87. The summed E-state index contributed by atoms with van der Waals surface area (Å²) >= 11 is 0. The van der Waals surface area contributed by atoms with Crippen molar-refractivity contribution in [2.24, 2.45) is 0 Å². The molecule has 1 aromatic carbocycles. The van der Waals surface area contributed by atoms with Gasteiger partial charge in [0.1, 0.15) is 11.3 Å². The number of amides is 1. The highest BCUT2D eigenvalue weighted by atomic mass is 16.5. The number of nitrogens with one attached hydrogen (secondary N) is 1. The van der Waals surface area contributed by atoms with Crippen molar-refractivity contribution >= 4 is 5.91 Å². The van der Waals surface area contributed by atoms with Crippen LogP contribution in [0, 0.1) is 6.92 Å². The Balaban J connectivity index is 1.93. The Morgan fingerprint density at radius 1 is 1.25 bits per heavy atom. The molecular formula is C18H23N3O3. The van der Waals surface area contributed by atoms with Crippen LogP contribution in [0.5, 0.6) is 5.88 Å². The summed E-state index contributed by atoms with van der Waals surface area (Å²) in [5, 5.41) is 2.82. The molecule has 0 aliphatic carbocycles. The number of methoxy groups -OCH3 is 1. The van der Waals surface area contributed by atoms with Gasteiger partial charge in [-0.1, -0.05) is 30.3 Å². The van der Waals surface area contributed by atoms with E-state index in [1.54, 1.807) is 20.0 Å². The molecule has 6 heteroatoms. The first-order valence-electron chi connectivity index (χ1n) is 7.75. The summed E-state index contributed by atoms with van der Waals surface area (Å²) in [5.41, 5.74) is 1.40. The first-order valence-corrected chi connectivity index (χ1v) is 7.75. The Morgan fingerprint density at radius 2 is 1.96 bits per heavy atom.